The van der Waals surface area contributed by atoms with Crippen molar-refractivity contribution in [3.05, 3.63) is 29.4 Å². The van der Waals surface area contributed by atoms with Crippen molar-refractivity contribution in [2.24, 2.45) is 7.05 Å². The van der Waals surface area contributed by atoms with Crippen LogP contribution in [0.15, 0.2) is 21.8 Å². The van der Waals surface area contributed by atoms with Gasteiger partial charge in [0.05, 0.1) is 11.8 Å². The van der Waals surface area contributed by atoms with Crippen LogP contribution in [0.2, 0.25) is 0 Å². The predicted octanol–water partition coefficient (Wildman–Crippen LogP) is -0.285. The van der Waals surface area contributed by atoms with Crippen molar-refractivity contribution in [3.63, 3.8) is 0 Å². The Balaban J connectivity index is 1.55. The normalized spacial score (nSPS) is 15.6. The molecule has 0 unspecified atom stereocenters. The molecule has 2 aromatic heterocycles. The minimum atomic E-state index is -3.74. The molecule has 0 spiro atoms. The molecule has 3 rings (SSSR count). The van der Waals surface area contributed by atoms with E-state index in [0.717, 1.165) is 0 Å². The first-order valence-corrected chi connectivity index (χ1v) is 10.0. The fraction of sp³-hybridized carbons (Fsp3) is 0.500. The molecule has 0 aliphatic carbocycles. The van der Waals surface area contributed by atoms with Crippen LogP contribution in [0, 0.1) is 13.8 Å². The van der Waals surface area contributed by atoms with Crippen molar-refractivity contribution in [1.29, 1.82) is 0 Å². The summed E-state index contributed by atoms with van der Waals surface area (Å²) in [6.45, 7) is 3.37. The molecule has 1 amide bonds. The predicted molar refractivity (Wildman–Crippen MR) is 94.8 cm³/mol. The van der Waals surface area contributed by atoms with Crippen LogP contribution >= 0.6 is 0 Å². The van der Waals surface area contributed by atoms with E-state index in [4.69, 9.17) is 9.26 Å². The highest BCUT2D eigenvalue weighted by Crippen LogP contribution is 2.24. The summed E-state index contributed by atoms with van der Waals surface area (Å²) in [7, 11) is -2.08. The Morgan fingerprint density at radius 3 is 2.43 bits per heavy atom. The van der Waals surface area contributed by atoms with E-state index < -0.39 is 22.6 Å². The largest absolute Gasteiger partial charge is 0.452 e. The summed E-state index contributed by atoms with van der Waals surface area (Å²) in [6, 6.07) is 0. The first-order chi connectivity index (χ1) is 13.2. The molecule has 1 fully saturated rings. The van der Waals surface area contributed by atoms with Crippen LogP contribution < -0.4 is 0 Å². The topological polar surface area (TPSA) is 128 Å². The van der Waals surface area contributed by atoms with E-state index in [9.17, 15) is 18.0 Å². The molecule has 1 aliphatic heterocycles. The number of aromatic nitrogens is 3. The van der Waals surface area contributed by atoms with Gasteiger partial charge >= 0.3 is 5.97 Å². The van der Waals surface area contributed by atoms with Gasteiger partial charge in [0.1, 0.15) is 10.6 Å². The molecular formula is C16H21N5O6S. The van der Waals surface area contributed by atoms with E-state index in [1.165, 1.54) is 26.3 Å². The fourth-order valence-electron chi connectivity index (χ4n) is 2.98. The lowest BCUT2D eigenvalue weighted by atomic mass is 10.3. The van der Waals surface area contributed by atoms with Crippen molar-refractivity contribution in [3.8, 4) is 0 Å². The van der Waals surface area contributed by atoms with Gasteiger partial charge in [0, 0.05) is 39.4 Å². The molecule has 1 aliphatic rings. The number of sulfonamides is 1. The number of hydrogen-bond donors (Lipinski definition) is 0. The highest BCUT2D eigenvalue weighted by atomic mass is 32.2. The van der Waals surface area contributed by atoms with E-state index in [-0.39, 0.29) is 48.3 Å². The molecule has 0 bridgehead atoms. The van der Waals surface area contributed by atoms with Crippen molar-refractivity contribution in [2.45, 2.75) is 18.7 Å². The van der Waals surface area contributed by atoms with E-state index in [1.807, 2.05) is 0 Å². The summed E-state index contributed by atoms with van der Waals surface area (Å²) in [6.07, 6.45) is 2.84. The minimum absolute atomic E-state index is 0.0673. The van der Waals surface area contributed by atoms with Crippen LogP contribution in [-0.4, -0.2) is 77.2 Å². The summed E-state index contributed by atoms with van der Waals surface area (Å²) in [5.74, 6) is -0.786. The van der Waals surface area contributed by atoms with Crippen molar-refractivity contribution >= 4 is 21.9 Å². The molecule has 11 nitrogen and oxygen atoms in total. The average Bonchev–Trinajstić information content (AvgIpc) is 3.25. The highest BCUT2D eigenvalue weighted by molar-refractivity contribution is 7.89. The first-order valence-electron chi connectivity index (χ1n) is 8.56. The van der Waals surface area contributed by atoms with E-state index >= 15 is 0 Å². The first kappa shape index (κ1) is 20.0. The zero-order valence-corrected chi connectivity index (χ0v) is 16.6. The van der Waals surface area contributed by atoms with Crippen LogP contribution in [0.25, 0.3) is 0 Å². The van der Waals surface area contributed by atoms with E-state index in [0.29, 0.717) is 5.69 Å². The number of carbonyl (C=O) groups excluding carboxylic acids is 2. The molecule has 2 aromatic rings. The Morgan fingerprint density at radius 1 is 1.21 bits per heavy atom. The molecule has 0 radical (unpaired) electrons. The Bertz CT molecular complexity index is 968. The second kappa shape index (κ2) is 7.72. The summed E-state index contributed by atoms with van der Waals surface area (Å²) in [5, 5.41) is 7.55. The lowest BCUT2D eigenvalue weighted by molar-refractivity contribution is -0.135. The monoisotopic (exact) mass is 411 g/mol. The molecule has 0 atom stereocenters. The van der Waals surface area contributed by atoms with Crippen LogP contribution in [0.3, 0.4) is 0 Å². The fourth-order valence-corrected chi connectivity index (χ4v) is 4.69. The zero-order chi connectivity index (χ0) is 20.5. The van der Waals surface area contributed by atoms with Gasteiger partial charge in [-0.25, -0.2) is 13.2 Å². The highest BCUT2D eigenvalue weighted by Gasteiger charge is 2.34. The minimum Gasteiger partial charge on any atom is -0.452 e. The van der Waals surface area contributed by atoms with Gasteiger partial charge < -0.3 is 14.2 Å². The van der Waals surface area contributed by atoms with Crippen LogP contribution in [0.4, 0.5) is 0 Å². The zero-order valence-electron chi connectivity index (χ0n) is 15.8. The molecule has 28 heavy (non-hydrogen) atoms. The Morgan fingerprint density at radius 2 is 1.89 bits per heavy atom. The molecule has 0 aromatic carbocycles. The number of ether oxygens (including phenoxy) is 1. The van der Waals surface area contributed by atoms with Crippen molar-refractivity contribution in [1.82, 2.24) is 24.1 Å². The maximum atomic E-state index is 12.8. The van der Waals surface area contributed by atoms with Gasteiger partial charge in [-0.2, -0.15) is 9.40 Å². The molecule has 0 saturated carbocycles. The second-order valence-corrected chi connectivity index (χ2v) is 8.29. The van der Waals surface area contributed by atoms with Gasteiger partial charge in [0.2, 0.25) is 10.0 Å². The maximum absolute atomic E-state index is 12.8. The van der Waals surface area contributed by atoms with Crippen molar-refractivity contribution < 1.29 is 27.3 Å². The lowest BCUT2D eigenvalue weighted by Crippen LogP contribution is -2.51. The third-order valence-corrected chi connectivity index (χ3v) is 6.57. The van der Waals surface area contributed by atoms with Gasteiger partial charge in [-0.05, 0) is 13.8 Å². The lowest BCUT2D eigenvalue weighted by Gasteiger charge is -2.33. The molecule has 0 N–H and O–H groups in total. The van der Waals surface area contributed by atoms with Gasteiger partial charge in [-0.15, -0.1) is 0 Å². The van der Waals surface area contributed by atoms with Gasteiger partial charge in [-0.1, -0.05) is 5.16 Å². The van der Waals surface area contributed by atoms with E-state index in [1.54, 1.807) is 20.9 Å². The summed E-state index contributed by atoms with van der Waals surface area (Å²) < 4.78 is 38.3. The SMILES string of the molecule is Cc1noc(C)c1S(=O)(=O)N1CCN(C(=O)COC(=O)c2cnn(C)c2)CC1. The molecule has 3 heterocycles. The van der Waals surface area contributed by atoms with Crippen LogP contribution in [0.5, 0.6) is 0 Å². The number of amides is 1. The third kappa shape index (κ3) is 3.92. The summed E-state index contributed by atoms with van der Waals surface area (Å²) in [4.78, 5) is 25.7. The Hall–Kier alpha value is -2.73. The van der Waals surface area contributed by atoms with Gasteiger partial charge in [0.25, 0.3) is 5.91 Å². The third-order valence-electron chi connectivity index (χ3n) is 4.42. The van der Waals surface area contributed by atoms with Crippen LogP contribution in [-0.2, 0) is 26.6 Å². The van der Waals surface area contributed by atoms with Gasteiger partial charge in [-0.3, -0.25) is 9.48 Å². The molecular weight excluding hydrogens is 390 g/mol. The number of carbonyl (C=O) groups is 2. The number of piperazine rings is 1. The average molecular weight is 411 g/mol. The number of hydrogen-bond acceptors (Lipinski definition) is 8. The smallest absolute Gasteiger partial charge is 0.341 e. The second-order valence-electron chi connectivity index (χ2n) is 6.42. The van der Waals surface area contributed by atoms with Crippen molar-refractivity contribution in [2.75, 3.05) is 32.8 Å². The molecule has 1 saturated heterocycles. The number of rotatable bonds is 5. The molecule has 152 valence electrons. The quantitative estimate of drug-likeness (QED) is 0.614. The standard InChI is InChI=1S/C16H21N5O6S/c1-11-15(12(2)27-18-11)28(24,25)21-6-4-20(5-7-21)14(22)10-26-16(23)13-8-17-19(3)9-13/h8-9H,4-7,10H2,1-3H3. The Labute approximate surface area is 161 Å². The maximum Gasteiger partial charge on any atom is 0.341 e. The summed E-state index contributed by atoms with van der Waals surface area (Å²) >= 11 is 0. The van der Waals surface area contributed by atoms with E-state index in [2.05, 4.69) is 10.3 Å². The van der Waals surface area contributed by atoms with Gasteiger partial charge in [0.15, 0.2) is 12.4 Å². The number of esters is 1. The summed E-state index contributed by atoms with van der Waals surface area (Å²) in [5.41, 5.74) is 0.559. The Kier molecular flexibility index (Phi) is 5.52. The number of aryl methyl sites for hydroxylation is 3. The van der Waals surface area contributed by atoms with Crippen LogP contribution in [0.1, 0.15) is 21.8 Å². The number of nitrogens with zero attached hydrogens (tertiary/aromatic N) is 5. The molecule has 12 heteroatoms.